The molecule has 0 atom stereocenters. The number of benzene rings is 1. The molecule has 0 fully saturated rings. The van der Waals surface area contributed by atoms with E-state index in [1.807, 2.05) is 30.3 Å². The number of ether oxygens (including phenoxy) is 2. The molecule has 0 aliphatic rings. The van der Waals surface area contributed by atoms with Crippen molar-refractivity contribution in [1.82, 2.24) is 0 Å². The third-order valence-electron chi connectivity index (χ3n) is 4.86. The van der Waals surface area contributed by atoms with Crippen molar-refractivity contribution in [3.63, 3.8) is 0 Å². The number of unbranched alkanes of at least 4 members (excludes halogenated alkanes) is 10. The SMILES string of the molecule is C=CCCCCCCCCCOC(=O)/C=C/c1ccc(OCCCCCC)cc1. The van der Waals surface area contributed by atoms with Crippen LogP contribution in [0.15, 0.2) is 43.0 Å². The second kappa shape index (κ2) is 18.0. The zero-order chi connectivity index (χ0) is 21.0. The van der Waals surface area contributed by atoms with E-state index in [0.29, 0.717) is 6.61 Å². The van der Waals surface area contributed by atoms with Gasteiger partial charge in [-0.05, 0) is 49.5 Å². The van der Waals surface area contributed by atoms with Crippen LogP contribution in [0, 0.1) is 0 Å². The van der Waals surface area contributed by atoms with Crippen molar-refractivity contribution in [3.05, 3.63) is 48.6 Å². The first-order valence-electron chi connectivity index (χ1n) is 11.4. The maximum atomic E-state index is 11.8. The largest absolute Gasteiger partial charge is 0.494 e. The van der Waals surface area contributed by atoms with Crippen molar-refractivity contribution in [1.29, 1.82) is 0 Å². The lowest BCUT2D eigenvalue weighted by molar-refractivity contribution is -0.137. The molecule has 1 aromatic rings. The summed E-state index contributed by atoms with van der Waals surface area (Å²) in [5.41, 5.74) is 0.969. The number of carbonyl (C=O) groups excluding carboxylic acids is 1. The summed E-state index contributed by atoms with van der Waals surface area (Å²) in [6.07, 6.45) is 19.6. The van der Waals surface area contributed by atoms with E-state index in [-0.39, 0.29) is 5.97 Å². The minimum Gasteiger partial charge on any atom is -0.494 e. The monoisotopic (exact) mass is 400 g/mol. The van der Waals surface area contributed by atoms with E-state index in [1.165, 1.54) is 57.4 Å². The highest BCUT2D eigenvalue weighted by Crippen LogP contribution is 2.14. The van der Waals surface area contributed by atoms with E-state index >= 15 is 0 Å². The molecule has 0 unspecified atom stereocenters. The second-order valence-electron chi connectivity index (χ2n) is 7.53. The van der Waals surface area contributed by atoms with E-state index in [0.717, 1.165) is 43.6 Å². The molecular weight excluding hydrogens is 360 g/mol. The van der Waals surface area contributed by atoms with Crippen LogP contribution in [0.1, 0.15) is 89.5 Å². The molecule has 0 aliphatic heterocycles. The van der Waals surface area contributed by atoms with Crippen LogP contribution in [0.2, 0.25) is 0 Å². The van der Waals surface area contributed by atoms with Gasteiger partial charge in [0.2, 0.25) is 0 Å². The minimum absolute atomic E-state index is 0.273. The van der Waals surface area contributed by atoms with Crippen LogP contribution in [-0.2, 0) is 9.53 Å². The quantitative estimate of drug-likeness (QED) is 0.111. The molecule has 3 heteroatoms. The molecule has 0 radical (unpaired) electrons. The van der Waals surface area contributed by atoms with Crippen LogP contribution in [0.25, 0.3) is 6.08 Å². The Hall–Kier alpha value is -2.03. The van der Waals surface area contributed by atoms with Crippen LogP contribution in [-0.4, -0.2) is 19.2 Å². The second-order valence-corrected chi connectivity index (χ2v) is 7.53. The topological polar surface area (TPSA) is 35.5 Å². The lowest BCUT2D eigenvalue weighted by atomic mass is 10.1. The molecular formula is C26H40O3. The number of esters is 1. The molecule has 1 rings (SSSR count). The lowest BCUT2D eigenvalue weighted by Crippen LogP contribution is -2.02. The highest BCUT2D eigenvalue weighted by molar-refractivity contribution is 5.87. The maximum absolute atomic E-state index is 11.8. The Kier molecular flexibility index (Phi) is 15.5. The summed E-state index contributed by atoms with van der Waals surface area (Å²) in [5.74, 6) is 0.604. The summed E-state index contributed by atoms with van der Waals surface area (Å²) < 4.78 is 11.0. The predicted octanol–water partition coefficient (Wildman–Crippen LogP) is 7.51. The molecule has 1 aromatic carbocycles. The highest BCUT2D eigenvalue weighted by atomic mass is 16.5. The minimum atomic E-state index is -0.273. The summed E-state index contributed by atoms with van der Waals surface area (Å²) >= 11 is 0. The van der Waals surface area contributed by atoms with Crippen molar-refractivity contribution in [2.24, 2.45) is 0 Å². The van der Waals surface area contributed by atoms with E-state index in [2.05, 4.69) is 13.5 Å². The van der Waals surface area contributed by atoms with Crippen LogP contribution in [0.3, 0.4) is 0 Å². The first kappa shape index (κ1) is 25.0. The van der Waals surface area contributed by atoms with Gasteiger partial charge in [0.15, 0.2) is 0 Å². The van der Waals surface area contributed by atoms with Gasteiger partial charge in [-0.3, -0.25) is 0 Å². The number of allylic oxidation sites excluding steroid dienone is 1. The van der Waals surface area contributed by atoms with Gasteiger partial charge in [-0.1, -0.05) is 76.5 Å². The van der Waals surface area contributed by atoms with Gasteiger partial charge in [0, 0.05) is 6.08 Å². The zero-order valence-electron chi connectivity index (χ0n) is 18.4. The average molecular weight is 401 g/mol. The highest BCUT2D eigenvalue weighted by Gasteiger charge is 1.99. The molecule has 162 valence electrons. The Bertz CT molecular complexity index is 560. The molecule has 0 saturated carbocycles. The van der Waals surface area contributed by atoms with E-state index in [1.54, 1.807) is 6.08 Å². The first-order chi connectivity index (χ1) is 14.3. The molecule has 3 nitrogen and oxygen atoms in total. The Balaban J connectivity index is 2.08. The number of carbonyl (C=O) groups is 1. The Morgan fingerprint density at radius 1 is 0.862 bits per heavy atom. The summed E-state index contributed by atoms with van der Waals surface area (Å²) in [6, 6.07) is 7.81. The van der Waals surface area contributed by atoms with Crippen molar-refractivity contribution >= 4 is 12.0 Å². The van der Waals surface area contributed by atoms with Gasteiger partial charge < -0.3 is 9.47 Å². The molecule has 0 spiro atoms. The Labute approximate surface area is 178 Å². The van der Waals surface area contributed by atoms with Gasteiger partial charge in [0.25, 0.3) is 0 Å². The summed E-state index contributed by atoms with van der Waals surface area (Å²) in [7, 11) is 0. The maximum Gasteiger partial charge on any atom is 0.330 e. The van der Waals surface area contributed by atoms with Crippen molar-refractivity contribution < 1.29 is 14.3 Å². The number of hydrogen-bond acceptors (Lipinski definition) is 3. The van der Waals surface area contributed by atoms with Gasteiger partial charge in [-0.2, -0.15) is 0 Å². The Morgan fingerprint density at radius 3 is 2.17 bits per heavy atom. The molecule has 29 heavy (non-hydrogen) atoms. The predicted molar refractivity (Wildman–Crippen MR) is 123 cm³/mol. The summed E-state index contributed by atoms with van der Waals surface area (Å²) in [4.78, 5) is 11.8. The van der Waals surface area contributed by atoms with Crippen molar-refractivity contribution in [2.75, 3.05) is 13.2 Å². The number of hydrogen-bond donors (Lipinski definition) is 0. The van der Waals surface area contributed by atoms with E-state index in [9.17, 15) is 4.79 Å². The summed E-state index contributed by atoms with van der Waals surface area (Å²) in [5, 5.41) is 0. The fraction of sp³-hybridized carbons (Fsp3) is 0.577. The molecule has 0 amide bonds. The number of rotatable bonds is 18. The van der Waals surface area contributed by atoms with Gasteiger partial charge in [-0.25, -0.2) is 4.79 Å². The van der Waals surface area contributed by atoms with Crippen LogP contribution in [0.5, 0.6) is 5.75 Å². The first-order valence-corrected chi connectivity index (χ1v) is 11.4. The van der Waals surface area contributed by atoms with Gasteiger partial charge >= 0.3 is 5.97 Å². The third kappa shape index (κ3) is 14.6. The van der Waals surface area contributed by atoms with Gasteiger partial charge in [0.05, 0.1) is 13.2 Å². The van der Waals surface area contributed by atoms with Crippen LogP contribution in [0.4, 0.5) is 0 Å². The van der Waals surface area contributed by atoms with Crippen LogP contribution < -0.4 is 4.74 Å². The smallest absolute Gasteiger partial charge is 0.330 e. The Morgan fingerprint density at radius 2 is 1.48 bits per heavy atom. The van der Waals surface area contributed by atoms with Crippen LogP contribution >= 0.6 is 0 Å². The zero-order valence-corrected chi connectivity index (χ0v) is 18.4. The summed E-state index contributed by atoms with van der Waals surface area (Å²) in [6.45, 7) is 7.21. The third-order valence-corrected chi connectivity index (χ3v) is 4.86. The fourth-order valence-corrected chi connectivity index (χ4v) is 3.05. The van der Waals surface area contributed by atoms with Crippen molar-refractivity contribution in [3.8, 4) is 5.75 Å². The van der Waals surface area contributed by atoms with Crippen molar-refractivity contribution in [2.45, 2.75) is 84.0 Å². The van der Waals surface area contributed by atoms with Gasteiger partial charge in [-0.15, -0.1) is 6.58 Å². The standard InChI is InChI=1S/C26H40O3/c1-3-5-7-9-10-11-12-13-15-23-29-26(27)21-18-24-16-19-25(20-17-24)28-22-14-8-6-4-2/h3,16-21H,1,4-15,22-23H2,2H3/b21-18+. The normalized spacial score (nSPS) is 10.9. The molecule has 0 aliphatic carbocycles. The average Bonchev–Trinajstić information content (AvgIpc) is 2.74. The van der Waals surface area contributed by atoms with E-state index < -0.39 is 0 Å². The molecule has 0 aromatic heterocycles. The van der Waals surface area contributed by atoms with E-state index in [4.69, 9.17) is 9.47 Å². The molecule has 0 heterocycles. The molecule has 0 saturated heterocycles. The molecule has 0 bridgehead atoms. The molecule has 0 N–H and O–H groups in total. The fourth-order valence-electron chi connectivity index (χ4n) is 3.05. The lowest BCUT2D eigenvalue weighted by Gasteiger charge is -2.06. The van der Waals surface area contributed by atoms with Gasteiger partial charge in [0.1, 0.15) is 5.75 Å².